The zero-order valence-electron chi connectivity index (χ0n) is 27.7. The summed E-state index contributed by atoms with van der Waals surface area (Å²) in [7, 11) is 0. The van der Waals surface area contributed by atoms with Gasteiger partial charge in [-0.15, -0.1) is 0 Å². The quantitative estimate of drug-likeness (QED) is 0.223. The zero-order chi connectivity index (χ0) is 26.4. The van der Waals surface area contributed by atoms with Gasteiger partial charge >= 0.3 is 0 Å². The fraction of sp³-hybridized carbons (Fsp3) is 0.312. The molecule has 0 unspecified atom stereocenters. The molecule has 2 aliphatic heterocycles. The zero-order valence-corrected chi connectivity index (χ0v) is 68.9. The van der Waals surface area contributed by atoms with E-state index in [0.29, 0.717) is 0 Å². The molecule has 201 valence electrons. The Morgan fingerprint density at radius 2 is 1.19 bits per heavy atom. The number of rotatable bonds is 3. The first kappa shape index (κ1) is 50.5. The molecule has 2 aromatic carbocycles. The van der Waals surface area contributed by atoms with Gasteiger partial charge in [-0.25, -0.2) is 0 Å². The number of nitrogens with zero attached hydrogens (tertiary/aromatic N) is 2. The van der Waals surface area contributed by atoms with E-state index in [4.69, 9.17) is 4.79 Å². The monoisotopic (exact) mass is 2160 g/mol. The summed E-state index contributed by atoms with van der Waals surface area (Å²) in [6.07, 6.45) is 12.3. The van der Waals surface area contributed by atoms with E-state index < -0.39 is 0 Å². The first-order valence-corrected chi connectivity index (χ1v) is 12.5. The van der Waals surface area contributed by atoms with Gasteiger partial charge in [-0.2, -0.15) is 22.9 Å². The molecule has 0 bridgehead atoms. The Bertz CT molecular complexity index is 1120. The predicted octanol–water partition coefficient (Wildman–Crippen LogP) is 9.10. The molecule has 2 heterocycles. The topological polar surface area (TPSA) is 34.2 Å². The molecule has 0 spiro atoms. The van der Waals surface area contributed by atoms with Crippen LogP contribution in [0.1, 0.15) is 67.9 Å². The molecule has 2 aromatic rings. The van der Waals surface area contributed by atoms with Gasteiger partial charge < -0.3 is 10.1 Å². The second-order valence-electron chi connectivity index (χ2n) is 8.11. The van der Waals surface area contributed by atoms with E-state index in [0.717, 1.165) is 11.4 Å². The Morgan fingerprint density at radius 1 is 0.762 bits per heavy atom. The van der Waals surface area contributed by atoms with Crippen LogP contribution in [-0.4, -0.2) is 12.0 Å². The van der Waals surface area contributed by atoms with Crippen molar-refractivity contribution >= 4 is 23.4 Å². The maximum absolute atomic E-state index is 8.68. The maximum atomic E-state index is 8.68. The number of benzene rings is 2. The average Bonchev–Trinajstić information content (AvgIpc) is 3.09. The van der Waals surface area contributed by atoms with E-state index in [-0.39, 0.29) is 38.1 Å². The molecule has 3 nitrogen and oxygen atoms in total. The van der Waals surface area contributed by atoms with Crippen LogP contribution in [0.4, 0.5) is 11.4 Å². The molecule has 0 fully saturated rings. The van der Waals surface area contributed by atoms with Crippen molar-refractivity contribution in [3.05, 3.63) is 113 Å². The fourth-order valence-corrected chi connectivity index (χ4v) is 4.10. The van der Waals surface area contributed by atoms with Gasteiger partial charge in [-0.1, -0.05) is 102 Å². The predicted molar refractivity (Wildman–Crippen MR) is 155 cm³/mol. The normalized spacial score (nSPS) is 12.5. The molecule has 0 aromatic heterocycles. The fourth-order valence-electron chi connectivity index (χ4n) is 4.10. The Kier molecular flexibility index (Phi) is 27.7. The standard InChI is InChI=1S/C26H26N2.C2H3O.2C2H6.6Rf.Y/c1-19-17-21(18-20(2)27-19)11-10-16-25-26(3,4)23-14-8-9-15-24(23)28(25)22-12-6-5-7-13-22;1-2-3;2*1-2;;;;;;;/h5-18H,1-4H3;1H3;2*1-2H3;;;;;;;/q;-1;;;;;;;;;. The number of hydrogen-bond acceptors (Lipinski definition) is 1. The molecule has 0 aliphatic carbocycles. The Hall–Kier alpha value is -8.36. The molecule has 0 saturated carbocycles. The summed E-state index contributed by atoms with van der Waals surface area (Å²) in [6, 6.07) is 19.3. The first-order valence-electron chi connectivity index (χ1n) is 12.5. The van der Waals surface area contributed by atoms with Crippen molar-refractivity contribution in [2.45, 2.75) is 67.7 Å². The molecule has 0 N–H and O–H groups in total. The van der Waals surface area contributed by atoms with Crippen molar-refractivity contribution in [1.82, 2.24) is 4.58 Å². The largest absolute Gasteiger partial charge is 0.665 e. The third-order valence-corrected chi connectivity index (χ3v) is 5.36. The van der Waals surface area contributed by atoms with Crippen LogP contribution in [0.3, 0.4) is 0 Å². The molecule has 0 amide bonds. The van der Waals surface area contributed by atoms with Gasteiger partial charge in [0.1, 0.15) is 0 Å². The molecule has 10 heteroatoms. The Labute approximate surface area is 244 Å². The van der Waals surface area contributed by atoms with Crippen LogP contribution in [0, 0.1) is 0 Å². The summed E-state index contributed by atoms with van der Waals surface area (Å²) in [5, 5.41) is 4.46. The van der Waals surface area contributed by atoms with Crippen molar-refractivity contribution in [2.75, 3.05) is 0 Å². The molecule has 0 atom stereocenters. The van der Waals surface area contributed by atoms with Crippen molar-refractivity contribution in [3.63, 3.8) is 0 Å². The van der Waals surface area contributed by atoms with Gasteiger partial charge in [0.15, 0.2) is 5.71 Å². The van der Waals surface area contributed by atoms with Gasteiger partial charge in [0.05, 0.1) is 5.41 Å². The van der Waals surface area contributed by atoms with E-state index in [9.17, 15) is 0 Å². The number of carbonyl (C=O) groups excluding carboxylic acids is 1. The van der Waals surface area contributed by atoms with Crippen LogP contribution in [-0.2, 0) is 42.9 Å². The number of allylic oxidation sites excluding steroid dienone is 8. The molecule has 0 saturated heterocycles. The minimum atomic E-state index is -0.0686. The summed E-state index contributed by atoms with van der Waals surface area (Å²) in [5.41, 5.74) is 8.29. The smallest absolute Gasteiger partial charge is 0.215 e. The van der Waals surface area contributed by atoms with Crippen molar-refractivity contribution < 1.29 is 37.5 Å². The van der Waals surface area contributed by atoms with E-state index >= 15 is 0 Å². The van der Waals surface area contributed by atoms with Crippen molar-refractivity contribution in [3.8, 4) is 0 Å². The van der Waals surface area contributed by atoms with Crippen molar-refractivity contribution in [1.29, 1.82) is 0 Å². The number of para-hydroxylation sites is 2. The summed E-state index contributed by atoms with van der Waals surface area (Å²) in [5.74, 6) is 0. The SMILES string of the molecule is CC.CC.CC1=CC(=C/C=C/C2=[N+](c3ccccc3)c3ccccc3C2(C)C)C=C(C)[N-]1.C[C-]=O.[Rf].[Rf].[Rf].[Rf].[Rf].[Rf].[Y]. The van der Waals surface area contributed by atoms with E-state index in [1.54, 1.807) is 0 Å². The molecule has 2 aliphatic rings. The second-order valence-corrected chi connectivity index (χ2v) is 8.11. The first-order chi connectivity index (χ1) is 16.9. The van der Waals surface area contributed by atoms with Gasteiger partial charge in [-0.05, 0) is 19.4 Å². The summed E-state index contributed by atoms with van der Waals surface area (Å²) in [4.78, 5) is 8.68. The second kappa shape index (κ2) is 23.1. The van der Waals surface area contributed by atoms with E-state index in [1.807, 2.05) is 41.5 Å². The molecular weight excluding hydrogens is 2120 g/mol. The van der Waals surface area contributed by atoms with Gasteiger partial charge in [0.2, 0.25) is 11.4 Å². The van der Waals surface area contributed by atoms with E-state index in [2.05, 4.69) is 109 Å². The van der Waals surface area contributed by atoms with Crippen LogP contribution in [0.25, 0.3) is 5.32 Å². The van der Waals surface area contributed by atoms with Crippen LogP contribution in [0.15, 0.2) is 102 Å². The van der Waals surface area contributed by atoms with Gasteiger partial charge in [0, 0.05) is 62.5 Å². The maximum Gasteiger partial charge on any atom is 0.215 e. The molecule has 1 radical (unpaired) electrons. The van der Waals surface area contributed by atoms with Crippen LogP contribution >= 0.6 is 0 Å². The van der Waals surface area contributed by atoms with Crippen LogP contribution in [0.5, 0.6) is 0 Å². The Morgan fingerprint density at radius 3 is 1.67 bits per heavy atom. The van der Waals surface area contributed by atoms with Gasteiger partial charge in [-0.3, -0.25) is 6.29 Å². The molecule has 42 heavy (non-hydrogen) atoms. The summed E-state index contributed by atoms with van der Waals surface area (Å²) < 4.78 is 2.38. The van der Waals surface area contributed by atoms with Crippen molar-refractivity contribution in [2.24, 2.45) is 0 Å². The third-order valence-electron chi connectivity index (χ3n) is 5.36. The minimum Gasteiger partial charge on any atom is -0.665 e. The van der Waals surface area contributed by atoms with Crippen LogP contribution in [0.2, 0.25) is 0 Å². The average molecular weight is 2160 g/mol. The third kappa shape index (κ3) is 10.7. The summed E-state index contributed by atoms with van der Waals surface area (Å²) >= 11 is 0. The number of hydrogen-bond donors (Lipinski definition) is 0. The molecular formula is C32H41N2ORf6Y-. The van der Waals surface area contributed by atoms with Gasteiger partial charge in [0.25, 0.3) is 0 Å². The minimum absolute atomic E-state index is 0. The number of fused-ring (bicyclic) bond motifs is 1. The molecule has 4 rings (SSSR count). The van der Waals surface area contributed by atoms with E-state index in [1.165, 1.54) is 41.4 Å². The van der Waals surface area contributed by atoms with Crippen LogP contribution < -0.4 is 4.58 Å². The summed E-state index contributed by atoms with van der Waals surface area (Å²) in [6.45, 7) is 18.0. The Balaban J connectivity index is -0.000000162.